The normalized spacial score (nSPS) is 17.6. The number of nitrogens with zero attached hydrogens (tertiary/aromatic N) is 1. The van der Waals surface area contributed by atoms with E-state index in [1.165, 1.54) is 61.9 Å². The van der Waals surface area contributed by atoms with Gasteiger partial charge in [-0.15, -0.1) is 0 Å². The third-order valence-corrected chi connectivity index (χ3v) is 4.17. The van der Waals surface area contributed by atoms with Crippen molar-refractivity contribution in [1.29, 1.82) is 0 Å². The van der Waals surface area contributed by atoms with Crippen molar-refractivity contribution < 1.29 is 0 Å². The van der Waals surface area contributed by atoms with Gasteiger partial charge in [-0.25, -0.2) is 0 Å². The van der Waals surface area contributed by atoms with Crippen molar-refractivity contribution in [2.45, 2.75) is 57.9 Å². The van der Waals surface area contributed by atoms with Gasteiger partial charge in [0.25, 0.3) is 0 Å². The molecule has 0 heterocycles. The lowest BCUT2D eigenvalue weighted by Crippen LogP contribution is -2.21. The van der Waals surface area contributed by atoms with Crippen LogP contribution in [0.1, 0.15) is 50.5 Å². The summed E-state index contributed by atoms with van der Waals surface area (Å²) in [6, 6.07) is 7.40. The molecule has 1 aliphatic carbocycles. The molecule has 1 aromatic rings. The van der Waals surface area contributed by atoms with E-state index in [1.54, 1.807) is 0 Å². The second-order valence-corrected chi connectivity index (χ2v) is 6.08. The zero-order chi connectivity index (χ0) is 13.7. The predicted molar refractivity (Wildman–Crippen MR) is 85.2 cm³/mol. The maximum Gasteiger partial charge on any atom is 0.0411 e. The fraction of sp³-hybridized carbons (Fsp3) is 0.647. The Balaban J connectivity index is 2.03. The Labute approximate surface area is 118 Å². The molecule has 0 bridgehead atoms. The van der Waals surface area contributed by atoms with E-state index in [0.717, 1.165) is 0 Å². The van der Waals surface area contributed by atoms with Crippen molar-refractivity contribution in [3.05, 3.63) is 23.8 Å². The van der Waals surface area contributed by atoms with Crippen LogP contribution < -0.4 is 10.2 Å². The van der Waals surface area contributed by atoms with Gasteiger partial charge in [-0.05, 0) is 37.5 Å². The van der Waals surface area contributed by atoms with Crippen LogP contribution in [0.25, 0.3) is 0 Å². The van der Waals surface area contributed by atoms with Crippen molar-refractivity contribution in [1.82, 2.24) is 0 Å². The summed E-state index contributed by atoms with van der Waals surface area (Å²) in [5.74, 6) is 0. The zero-order valence-electron chi connectivity index (χ0n) is 12.7. The lowest BCUT2D eigenvalue weighted by atomic mass is 9.96. The summed E-state index contributed by atoms with van der Waals surface area (Å²) in [5.41, 5.74) is 3.93. The minimum Gasteiger partial charge on any atom is -0.382 e. The maximum atomic E-state index is 3.74. The summed E-state index contributed by atoms with van der Waals surface area (Å²) in [7, 11) is 4.23. The molecule has 0 radical (unpaired) electrons. The molecule has 2 rings (SSSR count). The fourth-order valence-corrected chi connectivity index (χ4v) is 3.02. The average molecular weight is 260 g/mol. The number of rotatable bonds is 3. The number of benzene rings is 1. The predicted octanol–water partition coefficient (Wildman–Crippen LogP) is 4.59. The molecule has 0 amide bonds. The third kappa shape index (κ3) is 4.15. The topological polar surface area (TPSA) is 15.3 Å². The summed E-state index contributed by atoms with van der Waals surface area (Å²) in [6.07, 6.45) is 9.66. The molecular formula is C17H28N2. The van der Waals surface area contributed by atoms with Gasteiger partial charge in [0.2, 0.25) is 0 Å². The average Bonchev–Trinajstić information content (AvgIpc) is 2.34. The molecule has 1 aromatic carbocycles. The molecule has 1 saturated carbocycles. The van der Waals surface area contributed by atoms with E-state index >= 15 is 0 Å². The van der Waals surface area contributed by atoms with Crippen LogP contribution in [0.4, 0.5) is 11.4 Å². The largest absolute Gasteiger partial charge is 0.382 e. The summed E-state index contributed by atoms with van der Waals surface area (Å²) >= 11 is 0. The van der Waals surface area contributed by atoms with Gasteiger partial charge in [0.15, 0.2) is 0 Å². The number of hydrogen-bond acceptors (Lipinski definition) is 2. The van der Waals surface area contributed by atoms with E-state index in [1.807, 2.05) is 0 Å². The Morgan fingerprint density at radius 2 is 1.63 bits per heavy atom. The van der Waals surface area contributed by atoms with Crippen molar-refractivity contribution in [3.8, 4) is 0 Å². The van der Waals surface area contributed by atoms with E-state index < -0.39 is 0 Å². The monoisotopic (exact) mass is 260 g/mol. The molecule has 2 heteroatoms. The van der Waals surface area contributed by atoms with E-state index in [4.69, 9.17) is 0 Å². The van der Waals surface area contributed by atoms with Gasteiger partial charge < -0.3 is 10.2 Å². The van der Waals surface area contributed by atoms with Crippen LogP contribution in [0.5, 0.6) is 0 Å². The van der Waals surface area contributed by atoms with E-state index in [0.29, 0.717) is 6.04 Å². The van der Waals surface area contributed by atoms with Gasteiger partial charge in [0.05, 0.1) is 0 Å². The Hall–Kier alpha value is -1.18. The summed E-state index contributed by atoms with van der Waals surface area (Å²) in [5, 5.41) is 3.74. The first-order chi connectivity index (χ1) is 9.16. The lowest BCUT2D eigenvalue weighted by molar-refractivity contribution is 0.471. The fourth-order valence-electron chi connectivity index (χ4n) is 3.02. The lowest BCUT2D eigenvalue weighted by Gasteiger charge is -2.24. The number of hydrogen-bond donors (Lipinski definition) is 1. The summed E-state index contributed by atoms with van der Waals surface area (Å²) in [4.78, 5) is 2.19. The van der Waals surface area contributed by atoms with Crippen LogP contribution in [-0.4, -0.2) is 20.1 Å². The Morgan fingerprint density at radius 3 is 2.26 bits per heavy atom. The molecule has 0 atom stereocenters. The second-order valence-electron chi connectivity index (χ2n) is 6.08. The molecule has 19 heavy (non-hydrogen) atoms. The quantitative estimate of drug-likeness (QED) is 0.855. The molecule has 2 nitrogen and oxygen atoms in total. The van der Waals surface area contributed by atoms with E-state index in [2.05, 4.69) is 49.4 Å². The van der Waals surface area contributed by atoms with Crippen LogP contribution >= 0.6 is 0 Å². The van der Waals surface area contributed by atoms with Crippen molar-refractivity contribution >= 4 is 11.4 Å². The molecule has 1 aliphatic rings. The Bertz CT molecular complexity index is 390. The minimum absolute atomic E-state index is 0.665. The number of anilines is 2. The van der Waals surface area contributed by atoms with Crippen LogP contribution in [-0.2, 0) is 0 Å². The van der Waals surface area contributed by atoms with Gasteiger partial charge in [0.1, 0.15) is 0 Å². The highest BCUT2D eigenvalue weighted by molar-refractivity contribution is 5.62. The molecule has 0 saturated heterocycles. The highest BCUT2D eigenvalue weighted by atomic mass is 15.1. The Kier molecular flexibility index (Phi) is 5.12. The first kappa shape index (κ1) is 14.2. The maximum absolute atomic E-state index is 3.74. The number of nitrogens with one attached hydrogen (secondary N) is 1. The van der Waals surface area contributed by atoms with Crippen molar-refractivity contribution in [3.63, 3.8) is 0 Å². The molecular weight excluding hydrogens is 232 g/mol. The first-order valence-corrected chi connectivity index (χ1v) is 7.71. The zero-order valence-corrected chi connectivity index (χ0v) is 12.7. The highest BCUT2D eigenvalue weighted by Gasteiger charge is 2.11. The summed E-state index contributed by atoms with van der Waals surface area (Å²) < 4.78 is 0. The third-order valence-electron chi connectivity index (χ3n) is 4.17. The molecule has 0 aliphatic heterocycles. The van der Waals surface area contributed by atoms with Gasteiger partial charge in [-0.2, -0.15) is 0 Å². The molecule has 1 N–H and O–H groups in total. The molecule has 0 aromatic heterocycles. The standard InChI is InChI=1S/C17H28N2/c1-14-11-12-16(13-17(14)19(2)3)18-15-9-7-5-4-6-8-10-15/h11-13,15,18H,4-10H2,1-3H3. The van der Waals surface area contributed by atoms with Gasteiger partial charge in [-0.1, -0.05) is 38.2 Å². The Morgan fingerprint density at radius 1 is 1.00 bits per heavy atom. The molecule has 1 fully saturated rings. The smallest absolute Gasteiger partial charge is 0.0411 e. The van der Waals surface area contributed by atoms with E-state index in [-0.39, 0.29) is 0 Å². The van der Waals surface area contributed by atoms with Crippen LogP contribution in [0, 0.1) is 6.92 Å². The molecule has 0 unspecified atom stereocenters. The molecule has 106 valence electrons. The van der Waals surface area contributed by atoms with Crippen LogP contribution in [0.2, 0.25) is 0 Å². The van der Waals surface area contributed by atoms with E-state index in [9.17, 15) is 0 Å². The van der Waals surface area contributed by atoms with Crippen molar-refractivity contribution in [2.75, 3.05) is 24.3 Å². The van der Waals surface area contributed by atoms with Gasteiger partial charge in [0, 0.05) is 31.5 Å². The van der Waals surface area contributed by atoms with Crippen LogP contribution in [0.15, 0.2) is 18.2 Å². The highest BCUT2D eigenvalue weighted by Crippen LogP contribution is 2.25. The first-order valence-electron chi connectivity index (χ1n) is 7.71. The van der Waals surface area contributed by atoms with Crippen molar-refractivity contribution in [2.24, 2.45) is 0 Å². The number of aryl methyl sites for hydroxylation is 1. The molecule has 0 spiro atoms. The minimum atomic E-state index is 0.665. The van der Waals surface area contributed by atoms with Gasteiger partial charge >= 0.3 is 0 Å². The van der Waals surface area contributed by atoms with Crippen LogP contribution in [0.3, 0.4) is 0 Å². The SMILES string of the molecule is Cc1ccc(NC2CCCCCCC2)cc1N(C)C. The second kappa shape index (κ2) is 6.83. The van der Waals surface area contributed by atoms with Gasteiger partial charge in [-0.3, -0.25) is 0 Å². The summed E-state index contributed by atoms with van der Waals surface area (Å²) in [6.45, 7) is 2.18.